The highest BCUT2D eigenvalue weighted by Gasteiger charge is 2.11. The molecule has 12 heavy (non-hydrogen) atoms. The van der Waals surface area contributed by atoms with Gasteiger partial charge >= 0.3 is 0 Å². The SMILES string of the molecule is COc1ccc(Cl)c(F)c1CCl. The van der Waals surface area contributed by atoms with Crippen LogP contribution in [0.5, 0.6) is 5.75 Å². The van der Waals surface area contributed by atoms with E-state index in [1.165, 1.54) is 13.2 Å². The minimum absolute atomic E-state index is 0.0512. The number of ether oxygens (including phenoxy) is 1. The third kappa shape index (κ3) is 1.65. The lowest BCUT2D eigenvalue weighted by Crippen LogP contribution is -1.93. The van der Waals surface area contributed by atoms with Gasteiger partial charge in [0.15, 0.2) is 0 Å². The lowest BCUT2D eigenvalue weighted by molar-refractivity contribution is 0.406. The number of rotatable bonds is 2. The molecular weight excluding hydrogens is 202 g/mol. The summed E-state index contributed by atoms with van der Waals surface area (Å²) in [6.45, 7) is 0. The van der Waals surface area contributed by atoms with Crippen molar-refractivity contribution in [3.05, 3.63) is 28.5 Å². The van der Waals surface area contributed by atoms with Crippen molar-refractivity contribution in [1.29, 1.82) is 0 Å². The molecule has 0 saturated heterocycles. The lowest BCUT2D eigenvalue weighted by Gasteiger charge is -2.07. The Morgan fingerprint density at radius 2 is 2.17 bits per heavy atom. The molecule has 0 N–H and O–H groups in total. The first-order valence-electron chi connectivity index (χ1n) is 3.27. The number of methoxy groups -OCH3 is 1. The number of alkyl halides is 1. The van der Waals surface area contributed by atoms with E-state index in [1.54, 1.807) is 6.07 Å². The predicted molar refractivity (Wildman–Crippen MR) is 47.5 cm³/mol. The first-order valence-corrected chi connectivity index (χ1v) is 4.18. The Morgan fingerprint density at radius 3 is 2.67 bits per heavy atom. The minimum Gasteiger partial charge on any atom is -0.496 e. The van der Waals surface area contributed by atoms with Gasteiger partial charge in [-0.3, -0.25) is 0 Å². The Kier molecular flexibility index (Phi) is 3.18. The van der Waals surface area contributed by atoms with Gasteiger partial charge in [-0.2, -0.15) is 0 Å². The Morgan fingerprint density at radius 1 is 1.50 bits per heavy atom. The van der Waals surface area contributed by atoms with Crippen molar-refractivity contribution in [1.82, 2.24) is 0 Å². The predicted octanol–water partition coefficient (Wildman–Crippen LogP) is 3.23. The third-order valence-corrected chi connectivity index (χ3v) is 2.07. The summed E-state index contributed by atoms with van der Waals surface area (Å²) in [5.41, 5.74) is 0.298. The quantitative estimate of drug-likeness (QED) is 0.679. The second kappa shape index (κ2) is 3.97. The van der Waals surface area contributed by atoms with Gasteiger partial charge in [-0.15, -0.1) is 11.6 Å². The van der Waals surface area contributed by atoms with Crippen molar-refractivity contribution in [3.8, 4) is 5.75 Å². The molecule has 4 heteroatoms. The largest absolute Gasteiger partial charge is 0.496 e. The molecule has 0 bridgehead atoms. The van der Waals surface area contributed by atoms with Crippen LogP contribution in [0.25, 0.3) is 0 Å². The highest BCUT2D eigenvalue weighted by molar-refractivity contribution is 6.31. The molecule has 0 aliphatic carbocycles. The summed E-state index contributed by atoms with van der Waals surface area (Å²) in [5.74, 6) is -0.0341. The van der Waals surface area contributed by atoms with E-state index in [1.807, 2.05) is 0 Å². The fraction of sp³-hybridized carbons (Fsp3) is 0.250. The number of benzene rings is 1. The summed E-state index contributed by atoms with van der Waals surface area (Å²) in [4.78, 5) is 0. The summed E-state index contributed by atoms with van der Waals surface area (Å²) >= 11 is 11.0. The molecule has 0 amide bonds. The zero-order valence-corrected chi connectivity index (χ0v) is 7.92. The molecular formula is C8H7Cl2FO. The topological polar surface area (TPSA) is 9.23 Å². The zero-order valence-electron chi connectivity index (χ0n) is 6.40. The van der Waals surface area contributed by atoms with Gasteiger partial charge in [0.1, 0.15) is 11.6 Å². The molecule has 0 atom stereocenters. The van der Waals surface area contributed by atoms with Gasteiger partial charge < -0.3 is 4.74 Å². The highest BCUT2D eigenvalue weighted by Crippen LogP contribution is 2.28. The standard InChI is InChI=1S/C8H7Cl2FO/c1-12-7-3-2-6(10)8(11)5(7)4-9/h2-3H,4H2,1H3. The lowest BCUT2D eigenvalue weighted by atomic mass is 10.2. The molecule has 1 rings (SSSR count). The van der Waals surface area contributed by atoms with Crippen LogP contribution in [0.1, 0.15) is 5.56 Å². The molecule has 0 aliphatic rings. The first-order chi connectivity index (χ1) is 5.70. The molecule has 0 saturated carbocycles. The van der Waals surface area contributed by atoms with Crippen molar-refractivity contribution >= 4 is 23.2 Å². The van der Waals surface area contributed by atoms with E-state index >= 15 is 0 Å². The summed E-state index contributed by atoms with van der Waals surface area (Å²) in [6, 6.07) is 3.02. The average Bonchev–Trinajstić information content (AvgIpc) is 2.09. The highest BCUT2D eigenvalue weighted by atomic mass is 35.5. The van der Waals surface area contributed by atoms with Crippen LogP contribution in [0.2, 0.25) is 5.02 Å². The minimum atomic E-state index is -0.508. The van der Waals surface area contributed by atoms with Crippen LogP contribution in [-0.2, 0) is 5.88 Å². The van der Waals surface area contributed by atoms with E-state index in [2.05, 4.69) is 0 Å². The molecule has 0 heterocycles. The summed E-state index contributed by atoms with van der Waals surface area (Å²) < 4.78 is 18.0. The van der Waals surface area contributed by atoms with Gasteiger partial charge in [-0.25, -0.2) is 4.39 Å². The molecule has 1 nitrogen and oxygen atoms in total. The van der Waals surface area contributed by atoms with Gasteiger partial charge in [-0.05, 0) is 12.1 Å². The molecule has 1 aromatic rings. The van der Waals surface area contributed by atoms with Crippen LogP contribution in [0.15, 0.2) is 12.1 Å². The van der Waals surface area contributed by atoms with Crippen LogP contribution in [0.4, 0.5) is 4.39 Å². The van der Waals surface area contributed by atoms with Gasteiger partial charge in [0.05, 0.1) is 18.0 Å². The fourth-order valence-corrected chi connectivity index (χ4v) is 1.32. The summed E-state index contributed by atoms with van der Waals surface area (Å²) in [6.07, 6.45) is 0. The molecule has 66 valence electrons. The van der Waals surface area contributed by atoms with Crippen molar-refractivity contribution in [2.45, 2.75) is 5.88 Å². The second-order valence-corrected chi connectivity index (χ2v) is 2.85. The van der Waals surface area contributed by atoms with Crippen molar-refractivity contribution in [2.24, 2.45) is 0 Å². The molecule has 0 radical (unpaired) electrons. The molecule has 1 aromatic carbocycles. The van der Waals surface area contributed by atoms with Crippen LogP contribution in [-0.4, -0.2) is 7.11 Å². The van der Waals surface area contributed by atoms with Crippen molar-refractivity contribution < 1.29 is 9.13 Å². The van der Waals surface area contributed by atoms with E-state index in [0.717, 1.165) is 0 Å². The molecule has 0 spiro atoms. The van der Waals surface area contributed by atoms with Gasteiger partial charge in [0.2, 0.25) is 0 Å². The van der Waals surface area contributed by atoms with E-state index < -0.39 is 5.82 Å². The average molecular weight is 209 g/mol. The maximum Gasteiger partial charge on any atom is 0.149 e. The van der Waals surface area contributed by atoms with Gasteiger partial charge in [0, 0.05) is 5.56 Å². The molecule has 0 unspecified atom stereocenters. The monoisotopic (exact) mass is 208 g/mol. The van der Waals surface area contributed by atoms with E-state index in [-0.39, 0.29) is 10.9 Å². The van der Waals surface area contributed by atoms with Crippen LogP contribution in [0.3, 0.4) is 0 Å². The maximum atomic E-state index is 13.2. The van der Waals surface area contributed by atoms with Crippen LogP contribution >= 0.6 is 23.2 Å². The molecule has 0 aromatic heterocycles. The Balaban J connectivity index is 3.25. The zero-order chi connectivity index (χ0) is 9.14. The fourth-order valence-electron chi connectivity index (χ4n) is 0.891. The van der Waals surface area contributed by atoms with Crippen molar-refractivity contribution in [3.63, 3.8) is 0 Å². The third-order valence-electron chi connectivity index (χ3n) is 1.51. The van der Waals surface area contributed by atoms with E-state index in [0.29, 0.717) is 11.3 Å². The van der Waals surface area contributed by atoms with E-state index in [4.69, 9.17) is 27.9 Å². The normalized spacial score (nSPS) is 10.0. The Bertz CT molecular complexity index is 289. The van der Waals surface area contributed by atoms with Crippen LogP contribution < -0.4 is 4.74 Å². The summed E-state index contributed by atoms with van der Waals surface area (Å²) in [5, 5.41) is 0.0615. The smallest absolute Gasteiger partial charge is 0.149 e. The van der Waals surface area contributed by atoms with Gasteiger partial charge in [-0.1, -0.05) is 11.6 Å². The molecule has 0 aliphatic heterocycles. The summed E-state index contributed by atoms with van der Waals surface area (Å²) in [7, 11) is 1.46. The molecule has 0 fully saturated rings. The number of hydrogen-bond acceptors (Lipinski definition) is 1. The van der Waals surface area contributed by atoms with Gasteiger partial charge in [0.25, 0.3) is 0 Å². The number of halogens is 3. The number of hydrogen-bond donors (Lipinski definition) is 0. The maximum absolute atomic E-state index is 13.2. The second-order valence-electron chi connectivity index (χ2n) is 2.18. The Hall–Kier alpha value is -0.470. The van der Waals surface area contributed by atoms with E-state index in [9.17, 15) is 4.39 Å². The first kappa shape index (κ1) is 9.62. The Labute approximate surface area is 80.0 Å². The van der Waals surface area contributed by atoms with Crippen LogP contribution in [0, 0.1) is 5.82 Å². The van der Waals surface area contributed by atoms with Crippen molar-refractivity contribution in [2.75, 3.05) is 7.11 Å².